The Balaban J connectivity index is 1.14. The summed E-state index contributed by atoms with van der Waals surface area (Å²) in [4.78, 5) is 15.7. The van der Waals surface area contributed by atoms with Gasteiger partial charge in [0.25, 0.3) is 0 Å². The van der Waals surface area contributed by atoms with Crippen molar-refractivity contribution in [1.29, 1.82) is 0 Å². The van der Waals surface area contributed by atoms with E-state index in [2.05, 4.69) is 27.8 Å². The van der Waals surface area contributed by atoms with Crippen molar-refractivity contribution in [2.24, 2.45) is 5.92 Å². The molecule has 1 aromatic heterocycles. The molecular weight excluding hydrogens is 426 g/mol. The summed E-state index contributed by atoms with van der Waals surface area (Å²) in [6.07, 6.45) is 9.42. The minimum Gasteiger partial charge on any atom is -0.381 e. The summed E-state index contributed by atoms with van der Waals surface area (Å²) < 4.78 is 6.08. The molecule has 2 aliphatic carbocycles. The predicted octanol–water partition coefficient (Wildman–Crippen LogP) is 5.45. The number of pyridine rings is 1. The van der Waals surface area contributed by atoms with E-state index >= 15 is 0 Å². The van der Waals surface area contributed by atoms with Gasteiger partial charge in [0, 0.05) is 53.8 Å². The van der Waals surface area contributed by atoms with Crippen LogP contribution in [0.3, 0.4) is 0 Å². The van der Waals surface area contributed by atoms with E-state index in [1.165, 1.54) is 19.3 Å². The van der Waals surface area contributed by atoms with Crippen LogP contribution in [-0.2, 0) is 14.5 Å². The van der Waals surface area contributed by atoms with Gasteiger partial charge in [0.2, 0.25) is 5.79 Å². The van der Waals surface area contributed by atoms with E-state index in [0.29, 0.717) is 24.6 Å². The first-order chi connectivity index (χ1) is 15.4. The molecular formula is C25H34ClN3O3. The molecule has 32 heavy (non-hydrogen) atoms. The van der Waals surface area contributed by atoms with Crippen molar-refractivity contribution in [2.45, 2.75) is 82.3 Å². The lowest BCUT2D eigenvalue weighted by Gasteiger charge is -2.45. The van der Waals surface area contributed by atoms with Crippen LogP contribution >= 0.6 is 11.6 Å². The Morgan fingerprint density at radius 1 is 1.09 bits per heavy atom. The number of fused-ring (bicyclic) bond motifs is 1. The Hall–Kier alpha value is -1.44. The summed E-state index contributed by atoms with van der Waals surface area (Å²) in [5, 5.41) is 9.51. The summed E-state index contributed by atoms with van der Waals surface area (Å²) in [6, 6.07) is 8.98. The highest BCUT2D eigenvalue weighted by atomic mass is 35.5. The van der Waals surface area contributed by atoms with Crippen LogP contribution in [-0.4, -0.2) is 41.6 Å². The molecule has 5 rings (SSSR count). The number of halogens is 1. The average molecular weight is 460 g/mol. The molecule has 2 heterocycles. The summed E-state index contributed by atoms with van der Waals surface area (Å²) in [5.74, 6) is 0.0731. The van der Waals surface area contributed by atoms with Crippen molar-refractivity contribution in [1.82, 2.24) is 10.3 Å². The van der Waals surface area contributed by atoms with Crippen molar-refractivity contribution >= 4 is 28.2 Å². The molecule has 7 heteroatoms. The second kappa shape index (κ2) is 9.07. The highest BCUT2D eigenvalue weighted by Gasteiger charge is 2.45. The SMILES string of the molecule is CC1(C)COC2(CCC(NC[C@H]3CCC[C@H]3Nc3ccnc4cc(Cl)ccc34)CC2)OO1. The molecule has 2 atom stereocenters. The highest BCUT2D eigenvalue weighted by Crippen LogP contribution is 2.38. The molecule has 3 aliphatic rings. The van der Waals surface area contributed by atoms with Gasteiger partial charge in [-0.15, -0.1) is 0 Å². The zero-order chi connectivity index (χ0) is 22.2. The lowest BCUT2D eigenvalue weighted by atomic mass is 9.89. The molecule has 174 valence electrons. The molecule has 0 unspecified atom stereocenters. The standard InChI is InChI=1S/C25H34ClN3O3/c1-24(2)16-30-25(32-31-24)11-8-19(9-12-25)28-15-17-4-3-5-21(17)29-22-10-13-27-23-14-18(26)6-7-20(22)23/h6-7,10,13-14,17,19,21,28H,3-5,8-9,11-12,15-16H2,1-2H3,(H,27,29)/t17-,19?,21-,25?/m1/s1. The van der Waals surface area contributed by atoms with Crippen LogP contribution in [0.15, 0.2) is 30.5 Å². The molecule has 1 spiro atoms. The van der Waals surface area contributed by atoms with Crippen molar-refractivity contribution in [2.75, 3.05) is 18.5 Å². The number of ether oxygens (including phenoxy) is 1. The van der Waals surface area contributed by atoms with E-state index in [9.17, 15) is 0 Å². The Bertz CT molecular complexity index is 933. The van der Waals surface area contributed by atoms with Gasteiger partial charge in [0.1, 0.15) is 5.60 Å². The van der Waals surface area contributed by atoms with E-state index < -0.39 is 5.79 Å². The molecule has 0 radical (unpaired) electrons. The highest BCUT2D eigenvalue weighted by molar-refractivity contribution is 6.31. The summed E-state index contributed by atoms with van der Waals surface area (Å²) in [7, 11) is 0. The summed E-state index contributed by atoms with van der Waals surface area (Å²) >= 11 is 6.15. The Labute approximate surface area is 195 Å². The third kappa shape index (κ3) is 4.90. The lowest BCUT2D eigenvalue weighted by Crippen LogP contribution is -2.53. The zero-order valence-electron chi connectivity index (χ0n) is 19.0. The average Bonchev–Trinajstić information content (AvgIpc) is 3.23. The van der Waals surface area contributed by atoms with Gasteiger partial charge in [-0.25, -0.2) is 9.78 Å². The number of nitrogens with one attached hydrogen (secondary N) is 2. The Morgan fingerprint density at radius 2 is 1.94 bits per heavy atom. The molecule has 1 saturated heterocycles. The Morgan fingerprint density at radius 3 is 2.72 bits per heavy atom. The van der Waals surface area contributed by atoms with Crippen molar-refractivity contribution in [3.05, 3.63) is 35.5 Å². The molecule has 1 aromatic carbocycles. The second-order valence-corrected chi connectivity index (χ2v) is 10.7. The lowest BCUT2D eigenvalue weighted by molar-refractivity contribution is -0.511. The quantitative estimate of drug-likeness (QED) is 0.579. The molecule has 2 aromatic rings. The van der Waals surface area contributed by atoms with E-state index in [-0.39, 0.29) is 5.60 Å². The minimum atomic E-state index is -0.545. The normalized spacial score (nSPS) is 32.4. The minimum absolute atomic E-state index is 0.364. The summed E-state index contributed by atoms with van der Waals surface area (Å²) in [5.41, 5.74) is 1.72. The van der Waals surface area contributed by atoms with Crippen molar-refractivity contribution in [3.8, 4) is 0 Å². The maximum absolute atomic E-state index is 6.15. The van der Waals surface area contributed by atoms with Gasteiger partial charge in [-0.05, 0) is 69.7 Å². The zero-order valence-corrected chi connectivity index (χ0v) is 19.8. The molecule has 2 N–H and O–H groups in total. The van der Waals surface area contributed by atoms with Crippen LogP contribution in [0.4, 0.5) is 5.69 Å². The van der Waals surface area contributed by atoms with Crippen molar-refractivity contribution in [3.63, 3.8) is 0 Å². The van der Waals surface area contributed by atoms with E-state index in [1.807, 2.05) is 32.2 Å². The van der Waals surface area contributed by atoms with E-state index in [1.54, 1.807) is 0 Å². The van der Waals surface area contributed by atoms with Crippen LogP contribution < -0.4 is 10.6 Å². The van der Waals surface area contributed by atoms with Crippen LogP contribution in [0.5, 0.6) is 0 Å². The van der Waals surface area contributed by atoms with Crippen LogP contribution in [0.1, 0.15) is 58.8 Å². The first-order valence-corrected chi connectivity index (χ1v) is 12.3. The maximum atomic E-state index is 6.15. The number of nitrogens with zero attached hydrogens (tertiary/aromatic N) is 1. The number of benzene rings is 1. The molecule has 3 fully saturated rings. The number of hydrogen-bond donors (Lipinski definition) is 2. The Kier molecular flexibility index (Phi) is 6.34. The van der Waals surface area contributed by atoms with Gasteiger partial charge < -0.3 is 15.4 Å². The molecule has 1 aliphatic heterocycles. The van der Waals surface area contributed by atoms with Crippen molar-refractivity contribution < 1.29 is 14.5 Å². The smallest absolute Gasteiger partial charge is 0.201 e. The first-order valence-electron chi connectivity index (χ1n) is 12.0. The fourth-order valence-electron chi connectivity index (χ4n) is 5.27. The molecule has 0 bridgehead atoms. The van der Waals surface area contributed by atoms with Gasteiger partial charge in [-0.1, -0.05) is 18.0 Å². The van der Waals surface area contributed by atoms with Crippen LogP contribution in [0.25, 0.3) is 10.9 Å². The van der Waals surface area contributed by atoms with Gasteiger partial charge in [-0.2, -0.15) is 0 Å². The second-order valence-electron chi connectivity index (χ2n) is 10.3. The molecule has 0 amide bonds. The maximum Gasteiger partial charge on any atom is 0.201 e. The number of aromatic nitrogens is 1. The number of hydrogen-bond acceptors (Lipinski definition) is 6. The third-order valence-corrected chi connectivity index (χ3v) is 7.46. The van der Waals surface area contributed by atoms with Gasteiger partial charge in [0.15, 0.2) is 0 Å². The largest absolute Gasteiger partial charge is 0.381 e. The third-order valence-electron chi connectivity index (χ3n) is 7.22. The fourth-order valence-corrected chi connectivity index (χ4v) is 5.43. The van der Waals surface area contributed by atoms with Gasteiger partial charge in [0.05, 0.1) is 12.1 Å². The van der Waals surface area contributed by atoms with E-state index in [0.717, 1.165) is 53.8 Å². The topological polar surface area (TPSA) is 64.6 Å². The van der Waals surface area contributed by atoms with Gasteiger partial charge in [-0.3, -0.25) is 4.98 Å². The molecule has 6 nitrogen and oxygen atoms in total. The predicted molar refractivity (Wildman–Crippen MR) is 127 cm³/mol. The number of anilines is 1. The fraction of sp³-hybridized carbons (Fsp3) is 0.640. The van der Waals surface area contributed by atoms with Crippen LogP contribution in [0, 0.1) is 5.92 Å². The summed E-state index contributed by atoms with van der Waals surface area (Å²) in [6.45, 7) is 5.60. The first kappa shape index (κ1) is 22.4. The molecule has 2 saturated carbocycles. The number of rotatable bonds is 5. The van der Waals surface area contributed by atoms with Crippen LogP contribution in [0.2, 0.25) is 5.02 Å². The van der Waals surface area contributed by atoms with E-state index in [4.69, 9.17) is 26.1 Å². The van der Waals surface area contributed by atoms with Gasteiger partial charge >= 0.3 is 0 Å². The monoisotopic (exact) mass is 459 g/mol.